The third-order valence-electron chi connectivity index (χ3n) is 5.40. The highest BCUT2D eigenvalue weighted by atomic mass is 16.2. The first-order valence-electron chi connectivity index (χ1n) is 9.23. The molecular formula is C22H24N4O. The zero-order chi connectivity index (χ0) is 19.0. The second-order valence-electron chi connectivity index (χ2n) is 7.37. The predicted molar refractivity (Wildman–Crippen MR) is 110 cm³/mol. The third-order valence-corrected chi connectivity index (χ3v) is 5.40. The van der Waals surface area contributed by atoms with Crippen LogP contribution in [0.1, 0.15) is 16.8 Å². The number of carbonyl (C=O) groups excluding carboxylic acids is 1. The van der Waals surface area contributed by atoms with Crippen molar-refractivity contribution in [2.45, 2.75) is 12.5 Å². The number of rotatable bonds is 3. The average Bonchev–Trinajstić information content (AvgIpc) is 3.18. The summed E-state index contributed by atoms with van der Waals surface area (Å²) in [5.74, 6) is 0.100. The van der Waals surface area contributed by atoms with Crippen LogP contribution in [-0.4, -0.2) is 53.9 Å². The van der Waals surface area contributed by atoms with E-state index in [1.807, 2.05) is 47.4 Å². The molecule has 2 N–H and O–H groups in total. The van der Waals surface area contributed by atoms with Gasteiger partial charge in [0.05, 0.1) is 5.52 Å². The van der Waals surface area contributed by atoms with Gasteiger partial charge in [0, 0.05) is 42.0 Å². The lowest BCUT2D eigenvalue weighted by molar-refractivity contribution is 0.0783. The van der Waals surface area contributed by atoms with E-state index in [1.165, 1.54) is 0 Å². The molecule has 138 valence electrons. The first-order chi connectivity index (χ1) is 13.0. The Kier molecular flexibility index (Phi) is 4.54. The van der Waals surface area contributed by atoms with Crippen molar-refractivity contribution in [3.63, 3.8) is 0 Å². The van der Waals surface area contributed by atoms with Crippen molar-refractivity contribution in [1.82, 2.24) is 14.8 Å². The minimum atomic E-state index is 0.100. The van der Waals surface area contributed by atoms with Crippen LogP contribution in [0.3, 0.4) is 0 Å². The van der Waals surface area contributed by atoms with Gasteiger partial charge in [-0.1, -0.05) is 18.2 Å². The summed E-state index contributed by atoms with van der Waals surface area (Å²) in [4.78, 5) is 21.4. The number of amides is 1. The number of likely N-dealkylation sites (tertiary alicyclic amines) is 1. The number of pyridine rings is 1. The molecule has 0 saturated carbocycles. The van der Waals surface area contributed by atoms with Crippen LogP contribution in [0.2, 0.25) is 0 Å². The molecule has 5 heteroatoms. The zero-order valence-electron chi connectivity index (χ0n) is 15.7. The van der Waals surface area contributed by atoms with E-state index in [4.69, 9.17) is 5.73 Å². The van der Waals surface area contributed by atoms with Crippen LogP contribution in [0.4, 0.5) is 5.69 Å². The molecule has 27 heavy (non-hydrogen) atoms. The second kappa shape index (κ2) is 7.00. The molecule has 5 nitrogen and oxygen atoms in total. The van der Waals surface area contributed by atoms with E-state index in [9.17, 15) is 4.79 Å². The van der Waals surface area contributed by atoms with E-state index in [-0.39, 0.29) is 5.91 Å². The zero-order valence-corrected chi connectivity index (χ0v) is 15.7. The molecular weight excluding hydrogens is 336 g/mol. The van der Waals surface area contributed by atoms with Crippen molar-refractivity contribution in [3.05, 3.63) is 60.3 Å². The Morgan fingerprint density at radius 3 is 2.74 bits per heavy atom. The van der Waals surface area contributed by atoms with Crippen molar-refractivity contribution >= 4 is 22.5 Å². The van der Waals surface area contributed by atoms with Gasteiger partial charge in [-0.3, -0.25) is 9.78 Å². The number of nitrogens with zero attached hydrogens (tertiary/aromatic N) is 3. The fraction of sp³-hybridized carbons (Fsp3) is 0.273. The molecule has 1 unspecified atom stereocenters. The van der Waals surface area contributed by atoms with Crippen LogP contribution in [0, 0.1) is 0 Å². The molecule has 4 rings (SSSR count). The molecule has 0 aliphatic carbocycles. The van der Waals surface area contributed by atoms with Crippen molar-refractivity contribution < 1.29 is 4.79 Å². The number of fused-ring (bicyclic) bond motifs is 1. The normalized spacial score (nSPS) is 17.0. The Balaban J connectivity index is 1.63. The number of aromatic nitrogens is 1. The van der Waals surface area contributed by atoms with Gasteiger partial charge < -0.3 is 15.5 Å². The molecule has 2 aromatic carbocycles. The number of nitrogens with two attached hydrogens (primary N) is 1. The first-order valence-corrected chi connectivity index (χ1v) is 9.23. The van der Waals surface area contributed by atoms with Gasteiger partial charge >= 0.3 is 0 Å². The Morgan fingerprint density at radius 2 is 1.96 bits per heavy atom. The van der Waals surface area contributed by atoms with Gasteiger partial charge in [0.1, 0.15) is 0 Å². The average molecular weight is 360 g/mol. The highest BCUT2D eigenvalue weighted by Gasteiger charge is 2.28. The number of hydrogen-bond donors (Lipinski definition) is 1. The van der Waals surface area contributed by atoms with Crippen LogP contribution in [-0.2, 0) is 0 Å². The molecule has 1 aliphatic rings. The lowest BCUT2D eigenvalue weighted by Crippen LogP contribution is -2.34. The summed E-state index contributed by atoms with van der Waals surface area (Å²) in [6.07, 6.45) is 2.74. The maximum absolute atomic E-state index is 12.9. The van der Waals surface area contributed by atoms with Crippen molar-refractivity contribution in [2.24, 2.45) is 0 Å². The largest absolute Gasteiger partial charge is 0.398 e. The number of carbonyl (C=O) groups is 1. The maximum atomic E-state index is 12.9. The summed E-state index contributed by atoms with van der Waals surface area (Å²) < 4.78 is 0. The second-order valence-corrected chi connectivity index (χ2v) is 7.37. The topological polar surface area (TPSA) is 62.5 Å². The van der Waals surface area contributed by atoms with Gasteiger partial charge in [-0.15, -0.1) is 0 Å². The quantitative estimate of drug-likeness (QED) is 0.779. The summed E-state index contributed by atoms with van der Waals surface area (Å²) in [7, 11) is 4.14. The van der Waals surface area contributed by atoms with Gasteiger partial charge in [0.15, 0.2) is 0 Å². The smallest absolute Gasteiger partial charge is 0.253 e. The Labute approximate surface area is 159 Å². The molecule has 3 aromatic rings. The van der Waals surface area contributed by atoms with Gasteiger partial charge in [-0.25, -0.2) is 0 Å². The third kappa shape index (κ3) is 3.38. The molecule has 1 amide bonds. The minimum Gasteiger partial charge on any atom is -0.398 e. The van der Waals surface area contributed by atoms with Crippen LogP contribution < -0.4 is 5.73 Å². The lowest BCUT2D eigenvalue weighted by atomic mass is 10.0. The molecule has 0 spiro atoms. The number of benzene rings is 2. The molecule has 1 saturated heterocycles. The summed E-state index contributed by atoms with van der Waals surface area (Å²) in [6, 6.07) is 16.1. The monoisotopic (exact) mass is 360 g/mol. The van der Waals surface area contributed by atoms with E-state index in [0.29, 0.717) is 11.7 Å². The molecule has 1 atom stereocenters. The number of nitrogen functional groups attached to an aromatic ring is 1. The number of likely N-dealkylation sites (N-methyl/N-ethyl adjacent to an activating group) is 1. The van der Waals surface area contributed by atoms with Gasteiger partial charge in [0.25, 0.3) is 5.91 Å². The summed E-state index contributed by atoms with van der Waals surface area (Å²) in [6.45, 7) is 1.60. The van der Waals surface area contributed by atoms with E-state index in [0.717, 1.165) is 47.1 Å². The van der Waals surface area contributed by atoms with Crippen molar-refractivity contribution in [2.75, 3.05) is 32.9 Å². The SMILES string of the molecule is CN(C)C1CCN(C(=O)c2cccc(-c3ccc4nccc(N)c4c3)c2)C1. The molecule has 1 aliphatic heterocycles. The summed E-state index contributed by atoms with van der Waals surface area (Å²) in [5, 5.41) is 0.931. The summed E-state index contributed by atoms with van der Waals surface area (Å²) >= 11 is 0. The fourth-order valence-electron chi connectivity index (χ4n) is 3.71. The Morgan fingerprint density at radius 1 is 1.15 bits per heavy atom. The number of anilines is 1. The van der Waals surface area contributed by atoms with E-state index in [1.54, 1.807) is 12.3 Å². The molecule has 1 aromatic heterocycles. The standard InChI is InChI=1S/C22H24N4O/c1-25(2)18-9-11-26(14-18)22(27)17-5-3-4-15(12-17)16-6-7-21-19(13-16)20(23)8-10-24-21/h3-8,10,12-13,18H,9,11,14H2,1-2H3,(H2,23,24). The molecule has 0 radical (unpaired) electrons. The fourth-order valence-corrected chi connectivity index (χ4v) is 3.71. The Hall–Kier alpha value is -2.92. The molecule has 0 bridgehead atoms. The van der Waals surface area contributed by atoms with Gasteiger partial charge in [0.2, 0.25) is 0 Å². The maximum Gasteiger partial charge on any atom is 0.253 e. The van der Waals surface area contributed by atoms with Crippen LogP contribution in [0.15, 0.2) is 54.7 Å². The number of hydrogen-bond acceptors (Lipinski definition) is 4. The van der Waals surface area contributed by atoms with Crippen LogP contribution >= 0.6 is 0 Å². The van der Waals surface area contributed by atoms with Gasteiger partial charge in [-0.05, 0) is 62.0 Å². The lowest BCUT2D eigenvalue weighted by Gasteiger charge is -2.20. The molecule has 2 heterocycles. The van der Waals surface area contributed by atoms with E-state index in [2.05, 4.69) is 24.0 Å². The minimum absolute atomic E-state index is 0.100. The van der Waals surface area contributed by atoms with Crippen molar-refractivity contribution in [1.29, 1.82) is 0 Å². The van der Waals surface area contributed by atoms with Gasteiger partial charge in [-0.2, -0.15) is 0 Å². The molecule has 1 fully saturated rings. The van der Waals surface area contributed by atoms with Crippen LogP contribution in [0.25, 0.3) is 22.0 Å². The van der Waals surface area contributed by atoms with Crippen molar-refractivity contribution in [3.8, 4) is 11.1 Å². The highest BCUT2D eigenvalue weighted by molar-refractivity contribution is 5.97. The van der Waals surface area contributed by atoms with E-state index < -0.39 is 0 Å². The van der Waals surface area contributed by atoms with Crippen LogP contribution in [0.5, 0.6) is 0 Å². The Bertz CT molecular complexity index is 999. The summed E-state index contributed by atoms with van der Waals surface area (Å²) in [5.41, 5.74) is 10.4. The first kappa shape index (κ1) is 17.5. The van der Waals surface area contributed by atoms with E-state index >= 15 is 0 Å². The predicted octanol–water partition coefficient (Wildman–Crippen LogP) is 3.26. The highest BCUT2D eigenvalue weighted by Crippen LogP contribution is 2.28.